The van der Waals surface area contributed by atoms with E-state index >= 15 is 0 Å². The van der Waals surface area contributed by atoms with Crippen LogP contribution < -0.4 is 0 Å². The second kappa shape index (κ2) is 10.3. The van der Waals surface area contributed by atoms with Crippen molar-refractivity contribution in [3.63, 3.8) is 0 Å². The Balaban J connectivity index is 1.71. The summed E-state index contributed by atoms with van der Waals surface area (Å²) in [5, 5.41) is 8.68. The largest absolute Gasteiger partial charge is 0.466 e. The van der Waals surface area contributed by atoms with Gasteiger partial charge in [0.05, 0.1) is 18.5 Å². The van der Waals surface area contributed by atoms with Gasteiger partial charge in [-0.25, -0.2) is 9.48 Å². The van der Waals surface area contributed by atoms with Crippen LogP contribution in [0.4, 0.5) is 4.79 Å². The molecule has 1 aliphatic rings. The van der Waals surface area contributed by atoms with Gasteiger partial charge in [-0.3, -0.25) is 4.79 Å². The highest BCUT2D eigenvalue weighted by atomic mass is 16.6. The number of ether oxygens (including phenoxy) is 2. The standard InChI is InChI=1S/C28H36N4O4/c1-7-32-24-12-11-22(18(3)26(24)29-30-32)23(16-25(33)35-8-2)20-10-9-19-13-14-31(17-21(19)15-20)27(34)36-28(4,5)6/h9-12,15,23H,7-8,13-14,16-17H2,1-6H3. The number of benzene rings is 2. The molecule has 1 unspecified atom stereocenters. The lowest BCUT2D eigenvalue weighted by Gasteiger charge is -2.32. The third-order valence-corrected chi connectivity index (χ3v) is 6.63. The van der Waals surface area contributed by atoms with Crippen molar-refractivity contribution in [3.8, 4) is 0 Å². The minimum atomic E-state index is -0.542. The van der Waals surface area contributed by atoms with Crippen LogP contribution in [0, 0.1) is 6.92 Å². The molecule has 4 rings (SSSR count). The highest BCUT2D eigenvalue weighted by Gasteiger charge is 2.28. The minimum absolute atomic E-state index is 0.206. The van der Waals surface area contributed by atoms with Crippen molar-refractivity contribution >= 4 is 23.1 Å². The van der Waals surface area contributed by atoms with Crippen molar-refractivity contribution in [3.05, 3.63) is 58.1 Å². The minimum Gasteiger partial charge on any atom is -0.466 e. The highest BCUT2D eigenvalue weighted by Crippen LogP contribution is 2.35. The zero-order valence-corrected chi connectivity index (χ0v) is 22.1. The van der Waals surface area contributed by atoms with Gasteiger partial charge in [0.15, 0.2) is 0 Å². The Morgan fingerprint density at radius 2 is 1.89 bits per heavy atom. The monoisotopic (exact) mass is 492 g/mol. The Morgan fingerprint density at radius 3 is 2.58 bits per heavy atom. The molecule has 0 N–H and O–H groups in total. The molecule has 1 amide bonds. The Morgan fingerprint density at radius 1 is 1.11 bits per heavy atom. The second-order valence-corrected chi connectivity index (χ2v) is 10.3. The average molecular weight is 493 g/mol. The number of carbonyl (C=O) groups excluding carboxylic acids is 2. The quantitative estimate of drug-likeness (QED) is 0.443. The first-order chi connectivity index (χ1) is 17.1. The fraction of sp³-hybridized carbons (Fsp3) is 0.500. The van der Waals surface area contributed by atoms with Crippen LogP contribution >= 0.6 is 0 Å². The average Bonchev–Trinajstić information content (AvgIpc) is 3.25. The summed E-state index contributed by atoms with van der Waals surface area (Å²) in [6.45, 7) is 13.7. The predicted octanol–water partition coefficient (Wildman–Crippen LogP) is 5.14. The van der Waals surface area contributed by atoms with Crippen LogP contribution in [0.25, 0.3) is 11.0 Å². The summed E-state index contributed by atoms with van der Waals surface area (Å²) in [5.41, 5.74) is 6.62. The summed E-state index contributed by atoms with van der Waals surface area (Å²) in [7, 11) is 0. The molecule has 1 atom stereocenters. The number of hydrogen-bond donors (Lipinski definition) is 0. The van der Waals surface area contributed by atoms with E-state index in [0.717, 1.165) is 46.3 Å². The van der Waals surface area contributed by atoms with Crippen LogP contribution in [0.5, 0.6) is 0 Å². The fourth-order valence-electron chi connectivity index (χ4n) is 4.86. The summed E-state index contributed by atoms with van der Waals surface area (Å²) in [6.07, 6.45) is 0.682. The molecule has 0 saturated carbocycles. The van der Waals surface area contributed by atoms with E-state index in [2.05, 4.69) is 34.6 Å². The Hall–Kier alpha value is -3.42. The SMILES string of the molecule is CCOC(=O)CC(c1ccc2c(c1)CN(C(=O)OC(C)(C)C)CC2)c1ccc2c(nnn2CC)c1C. The van der Waals surface area contributed by atoms with E-state index in [1.54, 1.807) is 4.90 Å². The van der Waals surface area contributed by atoms with Crippen molar-refractivity contribution in [2.45, 2.75) is 79.0 Å². The maximum absolute atomic E-state index is 12.7. The summed E-state index contributed by atoms with van der Waals surface area (Å²) >= 11 is 0. The van der Waals surface area contributed by atoms with Crippen LogP contribution in [0.3, 0.4) is 0 Å². The molecule has 36 heavy (non-hydrogen) atoms. The topological polar surface area (TPSA) is 86.6 Å². The lowest BCUT2D eigenvalue weighted by Crippen LogP contribution is -2.39. The lowest BCUT2D eigenvalue weighted by molar-refractivity contribution is -0.143. The second-order valence-electron chi connectivity index (χ2n) is 10.3. The zero-order valence-electron chi connectivity index (χ0n) is 22.1. The van der Waals surface area contributed by atoms with Gasteiger partial charge >= 0.3 is 12.1 Å². The molecule has 1 aromatic heterocycles. The Bertz CT molecular complexity index is 1270. The third-order valence-electron chi connectivity index (χ3n) is 6.63. The third kappa shape index (κ3) is 5.37. The number of rotatable bonds is 6. The number of fused-ring (bicyclic) bond motifs is 2. The number of esters is 1. The van der Waals surface area contributed by atoms with Crippen LogP contribution in [0.15, 0.2) is 30.3 Å². The van der Waals surface area contributed by atoms with Crippen molar-refractivity contribution in [1.29, 1.82) is 0 Å². The van der Waals surface area contributed by atoms with Gasteiger partial charge in [0.1, 0.15) is 11.1 Å². The molecule has 1 aliphatic heterocycles. The predicted molar refractivity (Wildman–Crippen MR) is 138 cm³/mol. The molecule has 0 aliphatic carbocycles. The van der Waals surface area contributed by atoms with E-state index in [0.29, 0.717) is 19.7 Å². The molecule has 0 bridgehead atoms. The molecule has 0 spiro atoms. The number of amides is 1. The van der Waals surface area contributed by atoms with Crippen molar-refractivity contribution in [1.82, 2.24) is 19.9 Å². The van der Waals surface area contributed by atoms with Crippen molar-refractivity contribution < 1.29 is 19.1 Å². The smallest absolute Gasteiger partial charge is 0.410 e. The number of carbonyl (C=O) groups is 2. The van der Waals surface area contributed by atoms with Crippen LogP contribution in [-0.2, 0) is 33.8 Å². The van der Waals surface area contributed by atoms with Gasteiger partial charge in [-0.05, 0) is 81.8 Å². The first kappa shape index (κ1) is 25.7. The number of aryl methyl sites for hydroxylation is 2. The first-order valence-corrected chi connectivity index (χ1v) is 12.7. The molecule has 2 heterocycles. The molecular weight excluding hydrogens is 456 g/mol. The van der Waals surface area contributed by atoms with Gasteiger partial charge in [0.25, 0.3) is 0 Å². The van der Waals surface area contributed by atoms with Crippen LogP contribution in [0.2, 0.25) is 0 Å². The molecule has 3 aromatic rings. The van der Waals surface area contributed by atoms with E-state index in [1.165, 1.54) is 5.56 Å². The van der Waals surface area contributed by atoms with Gasteiger partial charge in [-0.2, -0.15) is 0 Å². The van der Waals surface area contributed by atoms with Crippen molar-refractivity contribution in [2.75, 3.05) is 13.2 Å². The lowest BCUT2D eigenvalue weighted by atomic mass is 9.83. The first-order valence-electron chi connectivity index (χ1n) is 12.7. The Labute approximate surface area is 212 Å². The normalized spacial score (nSPS) is 14.4. The molecular formula is C28H36N4O4. The summed E-state index contributed by atoms with van der Waals surface area (Å²) in [6, 6.07) is 10.4. The summed E-state index contributed by atoms with van der Waals surface area (Å²) < 4.78 is 12.8. The molecule has 8 nitrogen and oxygen atoms in total. The van der Waals surface area contributed by atoms with Gasteiger partial charge in [-0.15, -0.1) is 5.10 Å². The van der Waals surface area contributed by atoms with E-state index in [-0.39, 0.29) is 24.4 Å². The number of aromatic nitrogens is 3. The molecule has 0 fully saturated rings. The molecule has 192 valence electrons. The Kier molecular flexibility index (Phi) is 7.33. The zero-order chi connectivity index (χ0) is 26.0. The van der Waals surface area contributed by atoms with E-state index in [4.69, 9.17) is 9.47 Å². The van der Waals surface area contributed by atoms with Gasteiger partial charge in [0, 0.05) is 25.6 Å². The van der Waals surface area contributed by atoms with E-state index in [9.17, 15) is 9.59 Å². The molecule has 8 heteroatoms. The molecule has 2 aromatic carbocycles. The maximum Gasteiger partial charge on any atom is 0.410 e. The number of nitrogens with zero attached hydrogens (tertiary/aromatic N) is 4. The fourth-order valence-corrected chi connectivity index (χ4v) is 4.86. The van der Waals surface area contributed by atoms with E-state index in [1.807, 2.05) is 52.3 Å². The maximum atomic E-state index is 12.7. The molecule has 0 saturated heterocycles. The van der Waals surface area contributed by atoms with Crippen LogP contribution in [0.1, 0.15) is 74.8 Å². The van der Waals surface area contributed by atoms with Gasteiger partial charge < -0.3 is 14.4 Å². The van der Waals surface area contributed by atoms with Crippen LogP contribution in [-0.4, -0.2) is 50.7 Å². The van der Waals surface area contributed by atoms with Gasteiger partial charge in [0.2, 0.25) is 0 Å². The van der Waals surface area contributed by atoms with E-state index < -0.39 is 5.60 Å². The highest BCUT2D eigenvalue weighted by molar-refractivity contribution is 5.80. The summed E-state index contributed by atoms with van der Waals surface area (Å²) in [4.78, 5) is 27.1. The van der Waals surface area contributed by atoms with Crippen molar-refractivity contribution in [2.24, 2.45) is 0 Å². The summed E-state index contributed by atoms with van der Waals surface area (Å²) in [5.74, 6) is -0.449. The number of hydrogen-bond acceptors (Lipinski definition) is 6. The van der Waals surface area contributed by atoms with Gasteiger partial charge in [-0.1, -0.05) is 29.5 Å². The molecule has 0 radical (unpaired) electrons.